The SMILES string of the molecule is Cc1cc(Br)ccc1NS(=O)(=O)c1ccc(N)cc1. The quantitative estimate of drug-likeness (QED) is 0.843. The average Bonchev–Trinajstić information content (AvgIpc) is 2.33. The van der Waals surface area contributed by atoms with E-state index in [9.17, 15) is 8.42 Å². The summed E-state index contributed by atoms with van der Waals surface area (Å²) in [5.41, 5.74) is 7.47. The van der Waals surface area contributed by atoms with Crippen LogP contribution in [0.4, 0.5) is 11.4 Å². The number of rotatable bonds is 3. The van der Waals surface area contributed by atoms with E-state index in [0.717, 1.165) is 10.0 Å². The Morgan fingerprint density at radius 3 is 2.32 bits per heavy atom. The summed E-state index contributed by atoms with van der Waals surface area (Å²) in [6.45, 7) is 1.84. The van der Waals surface area contributed by atoms with Gasteiger partial charge in [-0.15, -0.1) is 0 Å². The molecule has 2 aromatic carbocycles. The number of halogens is 1. The first-order valence-corrected chi connectivity index (χ1v) is 7.80. The Hall–Kier alpha value is -1.53. The summed E-state index contributed by atoms with van der Waals surface area (Å²) in [5, 5.41) is 0. The molecule has 0 radical (unpaired) electrons. The molecule has 0 bridgehead atoms. The average molecular weight is 341 g/mol. The van der Waals surface area contributed by atoms with Gasteiger partial charge in [0.1, 0.15) is 0 Å². The molecule has 0 aromatic heterocycles. The highest BCUT2D eigenvalue weighted by Crippen LogP contribution is 2.23. The Labute approximate surface area is 120 Å². The summed E-state index contributed by atoms with van der Waals surface area (Å²) in [6, 6.07) is 11.4. The van der Waals surface area contributed by atoms with E-state index in [-0.39, 0.29) is 4.90 Å². The predicted molar refractivity (Wildman–Crippen MR) is 80.5 cm³/mol. The van der Waals surface area contributed by atoms with E-state index >= 15 is 0 Å². The lowest BCUT2D eigenvalue weighted by Gasteiger charge is -2.11. The third-order valence-electron chi connectivity index (χ3n) is 2.62. The molecule has 0 aliphatic rings. The lowest BCUT2D eigenvalue weighted by Crippen LogP contribution is -2.13. The largest absolute Gasteiger partial charge is 0.399 e. The summed E-state index contributed by atoms with van der Waals surface area (Å²) in [5.74, 6) is 0. The fourth-order valence-corrected chi connectivity index (χ4v) is 3.20. The number of aryl methyl sites for hydroxylation is 1. The Bertz CT molecular complexity index is 697. The first-order chi connectivity index (χ1) is 8.88. The molecule has 3 N–H and O–H groups in total. The molecule has 100 valence electrons. The molecule has 0 saturated heterocycles. The molecular weight excluding hydrogens is 328 g/mol. The summed E-state index contributed by atoms with van der Waals surface area (Å²) in [7, 11) is -3.59. The normalized spacial score (nSPS) is 11.3. The van der Waals surface area contributed by atoms with Crippen LogP contribution in [0.2, 0.25) is 0 Å². The maximum Gasteiger partial charge on any atom is 0.261 e. The van der Waals surface area contributed by atoms with E-state index in [0.29, 0.717) is 11.4 Å². The van der Waals surface area contributed by atoms with Crippen molar-refractivity contribution in [1.82, 2.24) is 0 Å². The molecule has 0 heterocycles. The number of benzene rings is 2. The van der Waals surface area contributed by atoms with Crippen LogP contribution in [0, 0.1) is 6.92 Å². The van der Waals surface area contributed by atoms with E-state index in [1.54, 1.807) is 24.3 Å². The van der Waals surface area contributed by atoms with Gasteiger partial charge < -0.3 is 5.73 Å². The number of anilines is 2. The van der Waals surface area contributed by atoms with Crippen LogP contribution in [0.25, 0.3) is 0 Å². The number of nitrogens with one attached hydrogen (secondary N) is 1. The number of hydrogen-bond donors (Lipinski definition) is 2. The van der Waals surface area contributed by atoms with E-state index in [1.807, 2.05) is 13.0 Å². The van der Waals surface area contributed by atoms with Crippen molar-refractivity contribution in [2.75, 3.05) is 10.5 Å². The lowest BCUT2D eigenvalue weighted by atomic mass is 10.2. The van der Waals surface area contributed by atoms with Crippen LogP contribution >= 0.6 is 15.9 Å². The van der Waals surface area contributed by atoms with Crippen molar-refractivity contribution in [3.05, 3.63) is 52.5 Å². The molecule has 0 aliphatic carbocycles. The Morgan fingerprint density at radius 1 is 1.11 bits per heavy atom. The van der Waals surface area contributed by atoms with Crippen molar-refractivity contribution in [3.8, 4) is 0 Å². The zero-order valence-corrected chi connectivity index (χ0v) is 12.6. The van der Waals surface area contributed by atoms with Gasteiger partial charge in [-0.3, -0.25) is 4.72 Å². The van der Waals surface area contributed by atoms with Gasteiger partial charge in [0, 0.05) is 10.2 Å². The Kier molecular flexibility index (Phi) is 3.82. The second-order valence-corrected chi connectivity index (χ2v) is 6.73. The molecule has 4 nitrogen and oxygen atoms in total. The first-order valence-electron chi connectivity index (χ1n) is 5.53. The molecule has 0 unspecified atom stereocenters. The van der Waals surface area contributed by atoms with Gasteiger partial charge in [-0.25, -0.2) is 8.42 Å². The van der Waals surface area contributed by atoms with Gasteiger partial charge in [0.05, 0.1) is 10.6 Å². The Morgan fingerprint density at radius 2 is 1.74 bits per heavy atom. The molecule has 19 heavy (non-hydrogen) atoms. The zero-order chi connectivity index (χ0) is 14.0. The van der Waals surface area contributed by atoms with E-state index in [4.69, 9.17) is 5.73 Å². The molecule has 6 heteroatoms. The molecule has 0 saturated carbocycles. The van der Waals surface area contributed by atoms with Gasteiger partial charge in [-0.2, -0.15) is 0 Å². The Balaban J connectivity index is 2.33. The number of nitrogen functional groups attached to an aromatic ring is 1. The third kappa shape index (κ3) is 3.27. The van der Waals surface area contributed by atoms with Crippen molar-refractivity contribution in [2.24, 2.45) is 0 Å². The van der Waals surface area contributed by atoms with Gasteiger partial charge in [-0.1, -0.05) is 15.9 Å². The van der Waals surface area contributed by atoms with Gasteiger partial charge in [0.25, 0.3) is 10.0 Å². The van der Waals surface area contributed by atoms with Gasteiger partial charge in [0.2, 0.25) is 0 Å². The van der Waals surface area contributed by atoms with Crippen LogP contribution in [0.3, 0.4) is 0 Å². The first kappa shape index (κ1) is 13.9. The van der Waals surface area contributed by atoms with Crippen LogP contribution in [0.1, 0.15) is 5.56 Å². The summed E-state index contributed by atoms with van der Waals surface area (Å²) < 4.78 is 27.8. The van der Waals surface area contributed by atoms with Crippen LogP contribution in [-0.4, -0.2) is 8.42 Å². The van der Waals surface area contributed by atoms with Crippen molar-refractivity contribution in [3.63, 3.8) is 0 Å². The molecule has 0 fully saturated rings. The van der Waals surface area contributed by atoms with Crippen LogP contribution in [0.15, 0.2) is 51.8 Å². The smallest absolute Gasteiger partial charge is 0.261 e. The molecule has 2 aromatic rings. The van der Waals surface area contributed by atoms with Gasteiger partial charge in [0.15, 0.2) is 0 Å². The molecular formula is C13H13BrN2O2S. The third-order valence-corrected chi connectivity index (χ3v) is 4.50. The maximum absolute atomic E-state index is 12.2. The second kappa shape index (κ2) is 5.22. The predicted octanol–water partition coefficient (Wildman–Crippen LogP) is 3.14. The van der Waals surface area contributed by atoms with Gasteiger partial charge in [-0.05, 0) is 55.0 Å². The molecule has 0 amide bonds. The fraction of sp³-hybridized carbons (Fsp3) is 0.0769. The van der Waals surface area contributed by atoms with Gasteiger partial charge >= 0.3 is 0 Å². The van der Waals surface area contributed by atoms with Crippen LogP contribution in [-0.2, 0) is 10.0 Å². The topological polar surface area (TPSA) is 72.2 Å². The zero-order valence-electron chi connectivity index (χ0n) is 10.2. The van der Waals surface area contributed by atoms with Crippen LogP contribution in [0.5, 0.6) is 0 Å². The second-order valence-electron chi connectivity index (χ2n) is 4.13. The number of hydrogen-bond acceptors (Lipinski definition) is 3. The van der Waals surface area contributed by atoms with Crippen molar-refractivity contribution in [1.29, 1.82) is 0 Å². The highest BCUT2D eigenvalue weighted by Gasteiger charge is 2.14. The summed E-state index contributed by atoms with van der Waals surface area (Å²) in [4.78, 5) is 0.184. The standard InChI is InChI=1S/C13H13BrN2O2S/c1-9-8-10(14)2-7-13(9)16-19(17,18)12-5-3-11(15)4-6-12/h2-8,16H,15H2,1H3. The minimum Gasteiger partial charge on any atom is -0.399 e. The fourth-order valence-electron chi connectivity index (χ4n) is 1.59. The molecule has 0 atom stereocenters. The monoisotopic (exact) mass is 340 g/mol. The van der Waals surface area contributed by atoms with Crippen LogP contribution < -0.4 is 10.5 Å². The number of sulfonamides is 1. The molecule has 0 aliphatic heterocycles. The van der Waals surface area contributed by atoms with E-state index in [1.165, 1.54) is 12.1 Å². The van der Waals surface area contributed by atoms with Crippen molar-refractivity contribution >= 4 is 37.3 Å². The minimum absolute atomic E-state index is 0.184. The lowest BCUT2D eigenvalue weighted by molar-refractivity contribution is 0.601. The van der Waals surface area contributed by atoms with Crippen molar-refractivity contribution < 1.29 is 8.42 Å². The van der Waals surface area contributed by atoms with E-state index < -0.39 is 10.0 Å². The summed E-state index contributed by atoms with van der Waals surface area (Å²) in [6.07, 6.45) is 0. The molecule has 0 spiro atoms. The van der Waals surface area contributed by atoms with E-state index in [2.05, 4.69) is 20.7 Å². The highest BCUT2D eigenvalue weighted by atomic mass is 79.9. The maximum atomic E-state index is 12.2. The molecule has 2 rings (SSSR count). The highest BCUT2D eigenvalue weighted by molar-refractivity contribution is 9.10. The number of nitrogens with two attached hydrogens (primary N) is 1. The summed E-state index contributed by atoms with van der Waals surface area (Å²) >= 11 is 3.34. The minimum atomic E-state index is -3.59. The van der Waals surface area contributed by atoms with Crippen molar-refractivity contribution in [2.45, 2.75) is 11.8 Å².